The standard InChI is InChI=1S/C31H36N4O6/c1-20-8-6-7-9-27(20)35(4)31(40)33-26-15-10-22(18-28(26)41-5)19-29(37)34(3)24-13-11-23(12-14-24)25(32-21(2)36)16-17-30(38)39/h6-15,18,25H,16-17,19H2,1-5H3,(H,32,36)(H,33,40)(H,38,39). The molecular weight excluding hydrogens is 524 g/mol. The van der Waals surface area contributed by atoms with Crippen molar-refractivity contribution < 1.29 is 29.0 Å². The zero-order chi connectivity index (χ0) is 30.1. The Labute approximate surface area is 239 Å². The molecule has 3 N–H and O–H groups in total. The number of benzene rings is 3. The highest BCUT2D eigenvalue weighted by atomic mass is 16.5. The third-order valence-electron chi connectivity index (χ3n) is 6.73. The molecule has 3 aromatic carbocycles. The van der Waals surface area contributed by atoms with Gasteiger partial charge in [-0.1, -0.05) is 36.4 Å². The number of nitrogens with one attached hydrogen (secondary N) is 2. The normalized spacial score (nSPS) is 11.2. The molecular formula is C31H36N4O6. The van der Waals surface area contributed by atoms with E-state index in [1.807, 2.05) is 31.2 Å². The van der Waals surface area contributed by atoms with Gasteiger partial charge in [0.1, 0.15) is 5.75 Å². The maximum Gasteiger partial charge on any atom is 0.326 e. The molecule has 1 atom stereocenters. The Hall–Kier alpha value is -4.86. The number of likely N-dealkylation sites (N-methyl/N-ethyl adjacent to an activating group) is 1. The maximum atomic E-state index is 13.1. The largest absolute Gasteiger partial charge is 0.495 e. The van der Waals surface area contributed by atoms with Gasteiger partial charge in [-0.25, -0.2) is 4.79 Å². The highest BCUT2D eigenvalue weighted by molar-refractivity contribution is 6.02. The van der Waals surface area contributed by atoms with Crippen LogP contribution in [0.2, 0.25) is 0 Å². The Morgan fingerprint density at radius 1 is 0.951 bits per heavy atom. The van der Waals surface area contributed by atoms with E-state index < -0.39 is 12.0 Å². The Kier molecular flexibility index (Phi) is 10.5. The van der Waals surface area contributed by atoms with Crippen LogP contribution in [0.4, 0.5) is 21.9 Å². The summed E-state index contributed by atoms with van der Waals surface area (Å²) < 4.78 is 5.50. The molecule has 0 saturated heterocycles. The Morgan fingerprint density at radius 3 is 2.24 bits per heavy atom. The first-order valence-corrected chi connectivity index (χ1v) is 13.1. The van der Waals surface area contributed by atoms with Gasteiger partial charge in [0.05, 0.1) is 25.3 Å². The summed E-state index contributed by atoms with van der Waals surface area (Å²) >= 11 is 0. The number of aryl methyl sites for hydroxylation is 1. The van der Waals surface area contributed by atoms with Crippen LogP contribution in [0.1, 0.15) is 42.5 Å². The van der Waals surface area contributed by atoms with Crippen LogP contribution < -0.4 is 25.2 Å². The van der Waals surface area contributed by atoms with E-state index >= 15 is 0 Å². The molecule has 3 aromatic rings. The van der Waals surface area contributed by atoms with Crippen molar-refractivity contribution in [2.24, 2.45) is 0 Å². The molecule has 0 aliphatic heterocycles. The van der Waals surface area contributed by atoms with Crippen molar-refractivity contribution >= 4 is 40.9 Å². The number of urea groups is 1. The van der Waals surface area contributed by atoms with Gasteiger partial charge in [-0.05, 0) is 60.4 Å². The number of amides is 4. The minimum absolute atomic E-state index is 0.0829. The molecule has 0 radical (unpaired) electrons. The lowest BCUT2D eigenvalue weighted by Crippen LogP contribution is -2.31. The van der Waals surface area contributed by atoms with E-state index in [0.717, 1.165) is 16.8 Å². The smallest absolute Gasteiger partial charge is 0.326 e. The molecule has 4 amide bonds. The molecule has 216 valence electrons. The van der Waals surface area contributed by atoms with E-state index in [9.17, 15) is 19.2 Å². The minimum atomic E-state index is -0.941. The van der Waals surface area contributed by atoms with Crippen molar-refractivity contribution in [3.05, 3.63) is 83.4 Å². The summed E-state index contributed by atoms with van der Waals surface area (Å²) in [6.07, 6.45) is 0.267. The number of carboxylic acid groups (broad SMARTS) is 1. The molecule has 0 spiro atoms. The van der Waals surface area contributed by atoms with Gasteiger partial charge in [-0.15, -0.1) is 0 Å². The molecule has 0 aliphatic rings. The molecule has 10 nitrogen and oxygen atoms in total. The third-order valence-corrected chi connectivity index (χ3v) is 6.73. The quantitative estimate of drug-likeness (QED) is 0.305. The second-order valence-electron chi connectivity index (χ2n) is 9.72. The predicted molar refractivity (Wildman–Crippen MR) is 159 cm³/mol. The van der Waals surface area contributed by atoms with Crippen LogP contribution in [-0.4, -0.2) is 50.1 Å². The van der Waals surface area contributed by atoms with Crippen molar-refractivity contribution in [1.29, 1.82) is 0 Å². The Morgan fingerprint density at radius 2 is 1.63 bits per heavy atom. The van der Waals surface area contributed by atoms with Gasteiger partial charge >= 0.3 is 12.0 Å². The fraction of sp³-hybridized carbons (Fsp3) is 0.290. The number of aliphatic carboxylic acids is 1. The number of para-hydroxylation sites is 1. The van der Waals surface area contributed by atoms with Crippen molar-refractivity contribution in [3.8, 4) is 5.75 Å². The minimum Gasteiger partial charge on any atom is -0.495 e. The summed E-state index contributed by atoms with van der Waals surface area (Å²) in [5.41, 5.74) is 4.34. The van der Waals surface area contributed by atoms with Gasteiger partial charge < -0.3 is 25.4 Å². The number of carbonyl (C=O) groups is 4. The average molecular weight is 561 g/mol. The molecule has 10 heteroatoms. The summed E-state index contributed by atoms with van der Waals surface area (Å²) in [6, 6.07) is 19.1. The number of carboxylic acids is 1. The molecule has 3 rings (SSSR count). The van der Waals surface area contributed by atoms with Crippen LogP contribution in [0.3, 0.4) is 0 Å². The van der Waals surface area contributed by atoms with Gasteiger partial charge in [0.2, 0.25) is 11.8 Å². The highest BCUT2D eigenvalue weighted by Crippen LogP contribution is 2.28. The molecule has 0 heterocycles. The van der Waals surface area contributed by atoms with Crippen LogP contribution in [0.25, 0.3) is 0 Å². The van der Waals surface area contributed by atoms with E-state index in [4.69, 9.17) is 9.84 Å². The van der Waals surface area contributed by atoms with Gasteiger partial charge in [-0.3, -0.25) is 19.3 Å². The molecule has 1 unspecified atom stereocenters. The second-order valence-corrected chi connectivity index (χ2v) is 9.72. The number of anilines is 3. The predicted octanol–water partition coefficient (Wildman–Crippen LogP) is 4.92. The number of nitrogens with zero attached hydrogens (tertiary/aromatic N) is 2. The molecule has 0 bridgehead atoms. The van der Waals surface area contributed by atoms with Crippen LogP contribution in [0.15, 0.2) is 66.7 Å². The number of ether oxygens (including phenoxy) is 1. The van der Waals surface area contributed by atoms with Gasteiger partial charge in [0.25, 0.3) is 0 Å². The number of carbonyl (C=O) groups excluding carboxylic acids is 3. The van der Waals surface area contributed by atoms with E-state index in [2.05, 4.69) is 10.6 Å². The zero-order valence-corrected chi connectivity index (χ0v) is 23.9. The monoisotopic (exact) mass is 560 g/mol. The van der Waals surface area contributed by atoms with Crippen molar-refractivity contribution in [1.82, 2.24) is 5.32 Å². The summed E-state index contributed by atoms with van der Waals surface area (Å²) in [7, 11) is 4.86. The SMILES string of the molecule is COc1cc(CC(=O)N(C)c2ccc(C(CCC(=O)O)NC(C)=O)cc2)ccc1NC(=O)N(C)c1ccccc1C. The summed E-state index contributed by atoms with van der Waals surface area (Å²) in [5, 5.41) is 14.7. The first kappa shape index (κ1) is 30.7. The van der Waals surface area contributed by atoms with E-state index in [1.54, 1.807) is 56.6 Å². The fourth-order valence-electron chi connectivity index (χ4n) is 4.40. The lowest BCUT2D eigenvalue weighted by atomic mass is 10.0. The molecule has 41 heavy (non-hydrogen) atoms. The van der Waals surface area contributed by atoms with E-state index in [-0.39, 0.29) is 37.1 Å². The number of hydrogen-bond acceptors (Lipinski definition) is 5. The third kappa shape index (κ3) is 8.31. The topological polar surface area (TPSA) is 128 Å². The van der Waals surface area contributed by atoms with E-state index in [0.29, 0.717) is 22.7 Å². The maximum absolute atomic E-state index is 13.1. The first-order chi connectivity index (χ1) is 19.5. The van der Waals surface area contributed by atoms with Crippen LogP contribution in [0, 0.1) is 6.92 Å². The molecule has 0 aliphatic carbocycles. The highest BCUT2D eigenvalue weighted by Gasteiger charge is 2.19. The van der Waals surface area contributed by atoms with Gasteiger partial charge in [0, 0.05) is 38.8 Å². The Balaban J connectivity index is 1.68. The van der Waals surface area contributed by atoms with E-state index in [1.165, 1.54) is 23.8 Å². The number of rotatable bonds is 11. The van der Waals surface area contributed by atoms with Crippen molar-refractivity contribution in [2.75, 3.05) is 36.3 Å². The molecule has 0 saturated carbocycles. The van der Waals surface area contributed by atoms with Gasteiger partial charge in [-0.2, -0.15) is 0 Å². The number of methoxy groups -OCH3 is 1. The van der Waals surface area contributed by atoms with Crippen LogP contribution in [-0.2, 0) is 20.8 Å². The molecule has 0 fully saturated rings. The lowest BCUT2D eigenvalue weighted by molar-refractivity contribution is -0.137. The second kappa shape index (κ2) is 14.0. The van der Waals surface area contributed by atoms with Crippen LogP contribution in [0.5, 0.6) is 5.75 Å². The van der Waals surface area contributed by atoms with Gasteiger partial charge in [0.15, 0.2) is 0 Å². The van der Waals surface area contributed by atoms with Crippen molar-refractivity contribution in [3.63, 3.8) is 0 Å². The summed E-state index contributed by atoms with van der Waals surface area (Å²) in [6.45, 7) is 3.32. The Bertz CT molecular complexity index is 1410. The average Bonchev–Trinajstić information content (AvgIpc) is 2.95. The fourth-order valence-corrected chi connectivity index (χ4v) is 4.40. The zero-order valence-electron chi connectivity index (χ0n) is 23.9. The lowest BCUT2D eigenvalue weighted by Gasteiger charge is -2.22. The van der Waals surface area contributed by atoms with Crippen molar-refractivity contribution in [2.45, 2.75) is 39.2 Å². The summed E-state index contributed by atoms with van der Waals surface area (Å²) in [5.74, 6) is -0.931. The first-order valence-electron chi connectivity index (χ1n) is 13.1. The summed E-state index contributed by atoms with van der Waals surface area (Å²) in [4.78, 5) is 51.6. The molecule has 0 aromatic heterocycles. The van der Waals surface area contributed by atoms with Crippen LogP contribution >= 0.6 is 0 Å². The number of hydrogen-bond donors (Lipinski definition) is 3.